The second kappa shape index (κ2) is 10.2. The maximum atomic E-state index is 12.4. The average molecular weight is 406 g/mol. The molecular formula is C23H26N4O3. The van der Waals surface area contributed by atoms with Gasteiger partial charge < -0.3 is 15.4 Å². The van der Waals surface area contributed by atoms with Crippen LogP contribution in [0, 0.1) is 0 Å². The number of carbonyl (C=O) groups is 2. The first-order valence-corrected chi connectivity index (χ1v) is 9.93. The minimum atomic E-state index is -0.302. The van der Waals surface area contributed by atoms with Crippen molar-refractivity contribution < 1.29 is 14.3 Å². The zero-order valence-corrected chi connectivity index (χ0v) is 17.2. The zero-order chi connectivity index (χ0) is 21.3. The van der Waals surface area contributed by atoms with Crippen LogP contribution < -0.4 is 15.4 Å². The number of hydrogen-bond donors (Lipinski definition) is 2. The number of aryl methyl sites for hydroxylation is 2. The highest BCUT2D eigenvalue weighted by Crippen LogP contribution is 2.13. The van der Waals surface area contributed by atoms with Gasteiger partial charge >= 0.3 is 0 Å². The number of carbonyl (C=O) groups excluding carboxylic acids is 2. The summed E-state index contributed by atoms with van der Waals surface area (Å²) in [7, 11) is 1.69. The summed E-state index contributed by atoms with van der Waals surface area (Å²) >= 11 is 0. The van der Waals surface area contributed by atoms with Crippen LogP contribution in [0.4, 0.5) is 5.82 Å². The third-order valence-corrected chi connectivity index (χ3v) is 4.55. The third-order valence-electron chi connectivity index (χ3n) is 4.55. The number of aromatic nitrogens is 2. The lowest BCUT2D eigenvalue weighted by atomic mass is 10.1. The van der Waals surface area contributed by atoms with E-state index in [0.717, 1.165) is 16.9 Å². The molecule has 2 amide bonds. The van der Waals surface area contributed by atoms with E-state index in [-0.39, 0.29) is 17.5 Å². The number of nitrogens with one attached hydrogen (secondary N) is 2. The van der Waals surface area contributed by atoms with Crippen molar-refractivity contribution in [2.75, 3.05) is 11.9 Å². The predicted octanol–water partition coefficient (Wildman–Crippen LogP) is 3.32. The number of ether oxygens (including phenoxy) is 1. The maximum absolute atomic E-state index is 12.4. The van der Waals surface area contributed by atoms with Crippen LogP contribution >= 0.6 is 0 Å². The van der Waals surface area contributed by atoms with Gasteiger partial charge in [0.1, 0.15) is 11.6 Å². The minimum Gasteiger partial charge on any atom is -0.494 e. The smallest absolute Gasteiger partial charge is 0.272 e. The number of hydrogen-bond acceptors (Lipinski definition) is 4. The van der Waals surface area contributed by atoms with Gasteiger partial charge in [0.15, 0.2) is 5.69 Å². The summed E-state index contributed by atoms with van der Waals surface area (Å²) in [5, 5.41) is 9.86. The Morgan fingerprint density at radius 1 is 1.03 bits per heavy atom. The topological polar surface area (TPSA) is 85.3 Å². The molecule has 0 aliphatic rings. The Morgan fingerprint density at radius 3 is 2.47 bits per heavy atom. The Balaban J connectivity index is 1.51. The summed E-state index contributed by atoms with van der Waals surface area (Å²) in [5.74, 6) is 0.858. The number of benzene rings is 2. The molecule has 1 aromatic heterocycles. The molecule has 0 bridgehead atoms. The van der Waals surface area contributed by atoms with E-state index in [1.54, 1.807) is 13.1 Å². The molecule has 0 atom stereocenters. The molecule has 0 radical (unpaired) electrons. The van der Waals surface area contributed by atoms with Gasteiger partial charge in [-0.15, -0.1) is 0 Å². The van der Waals surface area contributed by atoms with E-state index >= 15 is 0 Å². The highest BCUT2D eigenvalue weighted by Gasteiger charge is 2.14. The molecule has 0 aliphatic heterocycles. The Morgan fingerprint density at radius 2 is 1.77 bits per heavy atom. The molecule has 1 heterocycles. The summed E-state index contributed by atoms with van der Waals surface area (Å²) in [5.41, 5.74) is 2.31. The molecule has 0 saturated carbocycles. The lowest BCUT2D eigenvalue weighted by Crippen LogP contribution is -2.23. The second-order valence-corrected chi connectivity index (χ2v) is 6.83. The average Bonchev–Trinajstić information content (AvgIpc) is 3.13. The SMILES string of the molecule is CCOc1ccc(CNC(=O)c2cc(NC(=O)CCc3ccccc3)n(C)n2)cc1. The van der Waals surface area contributed by atoms with Crippen molar-refractivity contribution in [2.45, 2.75) is 26.3 Å². The Labute approximate surface area is 176 Å². The van der Waals surface area contributed by atoms with Crippen molar-refractivity contribution in [2.24, 2.45) is 7.05 Å². The largest absolute Gasteiger partial charge is 0.494 e. The first-order chi connectivity index (χ1) is 14.5. The number of amides is 2. The Bertz CT molecular complexity index is 981. The van der Waals surface area contributed by atoms with Gasteiger partial charge in [0.25, 0.3) is 5.91 Å². The fraction of sp³-hybridized carbons (Fsp3) is 0.261. The van der Waals surface area contributed by atoms with Gasteiger partial charge in [0, 0.05) is 26.1 Å². The molecule has 0 fully saturated rings. The summed E-state index contributed by atoms with van der Waals surface area (Å²) in [6.45, 7) is 2.92. The van der Waals surface area contributed by atoms with Gasteiger partial charge in [-0.05, 0) is 36.6 Å². The lowest BCUT2D eigenvalue weighted by Gasteiger charge is -2.06. The van der Waals surface area contributed by atoms with Crippen molar-refractivity contribution >= 4 is 17.6 Å². The van der Waals surface area contributed by atoms with Crippen molar-refractivity contribution in [1.29, 1.82) is 0 Å². The monoisotopic (exact) mass is 406 g/mol. The highest BCUT2D eigenvalue weighted by atomic mass is 16.5. The van der Waals surface area contributed by atoms with Gasteiger partial charge in [-0.3, -0.25) is 14.3 Å². The van der Waals surface area contributed by atoms with Crippen LogP contribution in [0.25, 0.3) is 0 Å². The van der Waals surface area contributed by atoms with Gasteiger partial charge in [-0.2, -0.15) is 5.10 Å². The van der Waals surface area contributed by atoms with Gasteiger partial charge in [-0.25, -0.2) is 0 Å². The summed E-state index contributed by atoms with van der Waals surface area (Å²) in [6, 6.07) is 19.0. The van der Waals surface area contributed by atoms with Crippen LogP contribution in [0.1, 0.15) is 35.0 Å². The highest BCUT2D eigenvalue weighted by molar-refractivity contribution is 5.95. The van der Waals surface area contributed by atoms with Crippen LogP contribution in [-0.4, -0.2) is 28.2 Å². The van der Waals surface area contributed by atoms with Crippen molar-refractivity contribution in [3.8, 4) is 5.75 Å². The molecular weight excluding hydrogens is 380 g/mol. The van der Waals surface area contributed by atoms with Crippen molar-refractivity contribution in [3.63, 3.8) is 0 Å². The van der Waals surface area contributed by atoms with Crippen molar-refractivity contribution in [3.05, 3.63) is 77.5 Å². The van der Waals surface area contributed by atoms with E-state index in [4.69, 9.17) is 4.74 Å². The summed E-state index contributed by atoms with van der Waals surface area (Å²) in [6.07, 6.45) is 1.01. The molecule has 0 unspecified atom stereocenters. The summed E-state index contributed by atoms with van der Waals surface area (Å²) < 4.78 is 6.90. The molecule has 3 aromatic rings. The lowest BCUT2D eigenvalue weighted by molar-refractivity contribution is -0.116. The van der Waals surface area contributed by atoms with Gasteiger partial charge in [0.05, 0.1) is 6.61 Å². The van der Waals surface area contributed by atoms with Crippen LogP contribution in [0.15, 0.2) is 60.7 Å². The molecule has 2 aromatic carbocycles. The molecule has 0 saturated heterocycles. The molecule has 30 heavy (non-hydrogen) atoms. The second-order valence-electron chi connectivity index (χ2n) is 6.83. The maximum Gasteiger partial charge on any atom is 0.272 e. The quantitative estimate of drug-likeness (QED) is 0.571. The molecule has 2 N–H and O–H groups in total. The fourth-order valence-electron chi connectivity index (χ4n) is 2.95. The Kier molecular flexibility index (Phi) is 7.21. The fourth-order valence-corrected chi connectivity index (χ4v) is 2.95. The van der Waals surface area contributed by atoms with E-state index in [1.807, 2.05) is 61.5 Å². The first kappa shape index (κ1) is 21.1. The van der Waals surface area contributed by atoms with Crippen LogP contribution in [0.3, 0.4) is 0 Å². The van der Waals surface area contributed by atoms with Crippen LogP contribution in [0.5, 0.6) is 5.75 Å². The zero-order valence-electron chi connectivity index (χ0n) is 17.2. The van der Waals surface area contributed by atoms with Crippen molar-refractivity contribution in [1.82, 2.24) is 15.1 Å². The molecule has 3 rings (SSSR count). The van der Waals surface area contributed by atoms with E-state index in [1.165, 1.54) is 4.68 Å². The first-order valence-electron chi connectivity index (χ1n) is 9.93. The molecule has 156 valence electrons. The van der Waals surface area contributed by atoms with Gasteiger partial charge in [-0.1, -0.05) is 42.5 Å². The minimum absolute atomic E-state index is 0.122. The number of anilines is 1. The van der Waals surface area contributed by atoms with E-state index in [9.17, 15) is 9.59 Å². The molecule has 7 heteroatoms. The normalized spacial score (nSPS) is 10.5. The van der Waals surface area contributed by atoms with E-state index in [0.29, 0.717) is 31.8 Å². The van der Waals surface area contributed by atoms with E-state index < -0.39 is 0 Å². The Hall–Kier alpha value is -3.61. The predicted molar refractivity (Wildman–Crippen MR) is 115 cm³/mol. The van der Waals surface area contributed by atoms with Gasteiger partial charge in [0.2, 0.25) is 5.91 Å². The standard InChI is InChI=1S/C23H26N4O3/c1-3-30-19-12-9-18(10-13-19)16-24-23(29)20-15-21(27(2)26-20)25-22(28)14-11-17-7-5-4-6-8-17/h4-10,12-13,15H,3,11,14,16H2,1-2H3,(H,24,29)(H,25,28). The molecule has 0 spiro atoms. The van der Waals surface area contributed by atoms with E-state index in [2.05, 4.69) is 15.7 Å². The molecule has 0 aliphatic carbocycles. The number of nitrogens with zero attached hydrogens (tertiary/aromatic N) is 2. The number of rotatable bonds is 9. The van der Waals surface area contributed by atoms with Crippen LogP contribution in [0.2, 0.25) is 0 Å². The summed E-state index contributed by atoms with van der Waals surface area (Å²) in [4.78, 5) is 24.7. The van der Waals surface area contributed by atoms with Crippen LogP contribution in [-0.2, 0) is 24.8 Å². The third kappa shape index (κ3) is 5.94. The molecule has 7 nitrogen and oxygen atoms in total.